The number of benzene rings is 1. The second-order valence-electron chi connectivity index (χ2n) is 7.40. The number of aliphatic imine (C=N–C) groups is 1. The monoisotopic (exact) mass is 508 g/mol. The van der Waals surface area contributed by atoms with Gasteiger partial charge in [-0.3, -0.25) is 9.30 Å². The maximum absolute atomic E-state index is 12.6. The molecule has 27 heavy (non-hydrogen) atoms. The molecular formula is C19H33IN4O2S. The van der Waals surface area contributed by atoms with Crippen LogP contribution >= 0.6 is 24.0 Å². The van der Waals surface area contributed by atoms with Crippen LogP contribution in [0.15, 0.2) is 29.3 Å². The molecule has 3 N–H and O–H groups in total. The van der Waals surface area contributed by atoms with Gasteiger partial charge in [0.1, 0.15) is 0 Å². The van der Waals surface area contributed by atoms with Gasteiger partial charge >= 0.3 is 0 Å². The molecule has 1 atom stereocenters. The molecule has 1 aromatic carbocycles. The number of sulfonamides is 1. The molecule has 0 saturated carbocycles. The summed E-state index contributed by atoms with van der Waals surface area (Å²) in [5.41, 5.74) is 7.77. The number of guanidine groups is 1. The number of nitrogens with two attached hydrogens (primary N) is 1. The molecule has 0 fully saturated rings. The van der Waals surface area contributed by atoms with Crippen molar-refractivity contribution in [1.82, 2.24) is 5.32 Å². The third kappa shape index (κ3) is 7.48. The highest BCUT2D eigenvalue weighted by Gasteiger charge is 2.28. The second-order valence-corrected chi connectivity index (χ2v) is 9.42. The van der Waals surface area contributed by atoms with Crippen molar-refractivity contribution in [1.29, 1.82) is 0 Å². The van der Waals surface area contributed by atoms with Crippen LogP contribution in [0.2, 0.25) is 0 Å². The van der Waals surface area contributed by atoms with Gasteiger partial charge in [-0.05, 0) is 37.3 Å². The summed E-state index contributed by atoms with van der Waals surface area (Å²) in [7, 11) is -3.38. The van der Waals surface area contributed by atoms with Crippen molar-refractivity contribution in [3.63, 3.8) is 0 Å². The Morgan fingerprint density at radius 2 is 1.96 bits per heavy atom. The molecule has 1 aliphatic heterocycles. The Morgan fingerprint density at radius 1 is 1.26 bits per heavy atom. The molecule has 0 saturated heterocycles. The highest BCUT2D eigenvalue weighted by molar-refractivity contribution is 14.0. The topological polar surface area (TPSA) is 87.8 Å². The molecule has 154 valence electrons. The fraction of sp³-hybridized carbons (Fsp3) is 0.632. The summed E-state index contributed by atoms with van der Waals surface area (Å²) in [4.78, 5) is 4.20. The number of hydrogen-bond donors (Lipinski definition) is 2. The zero-order valence-corrected chi connectivity index (χ0v) is 19.7. The lowest BCUT2D eigenvalue weighted by Gasteiger charge is -2.19. The molecule has 0 aromatic heterocycles. The number of para-hydroxylation sites is 1. The summed E-state index contributed by atoms with van der Waals surface area (Å²) >= 11 is 0. The third-order valence-electron chi connectivity index (χ3n) is 4.62. The van der Waals surface area contributed by atoms with E-state index in [1.165, 1.54) is 10.7 Å². The minimum absolute atomic E-state index is 0. The van der Waals surface area contributed by atoms with Gasteiger partial charge in [0, 0.05) is 12.6 Å². The minimum Gasteiger partial charge on any atom is -0.370 e. The first-order chi connectivity index (χ1) is 12.3. The standard InChI is InChI=1S/C19H32N4O2S.HI/c1-15(2)7-6-8-16(3)22-19(20)21-12-14-26(24,25)23-13-11-17-9-4-5-10-18(17)23;/h4-5,9-10,15-16H,6-8,11-14H2,1-3H3,(H3,20,21,22);1H. The van der Waals surface area contributed by atoms with Crippen LogP contribution in [0.25, 0.3) is 0 Å². The van der Waals surface area contributed by atoms with Crippen molar-refractivity contribution in [2.24, 2.45) is 16.6 Å². The average molecular weight is 508 g/mol. The Hall–Kier alpha value is -1.03. The molecule has 1 aromatic rings. The Balaban J connectivity index is 0.00000364. The van der Waals surface area contributed by atoms with Crippen LogP contribution in [0, 0.1) is 5.92 Å². The predicted molar refractivity (Wildman–Crippen MR) is 124 cm³/mol. The number of fused-ring (bicyclic) bond motifs is 1. The van der Waals surface area contributed by atoms with Crippen LogP contribution in [0.1, 0.15) is 45.6 Å². The van der Waals surface area contributed by atoms with Crippen LogP contribution < -0.4 is 15.4 Å². The van der Waals surface area contributed by atoms with E-state index >= 15 is 0 Å². The van der Waals surface area contributed by atoms with E-state index in [-0.39, 0.29) is 42.3 Å². The lowest BCUT2D eigenvalue weighted by atomic mass is 10.0. The molecule has 0 amide bonds. The summed E-state index contributed by atoms with van der Waals surface area (Å²) in [6.07, 6.45) is 4.12. The molecule has 1 aliphatic rings. The average Bonchev–Trinajstić information content (AvgIpc) is 2.99. The number of rotatable bonds is 9. The van der Waals surface area contributed by atoms with Crippen molar-refractivity contribution in [2.75, 3.05) is 23.1 Å². The van der Waals surface area contributed by atoms with Gasteiger partial charge in [-0.15, -0.1) is 24.0 Å². The summed E-state index contributed by atoms with van der Waals surface area (Å²) in [6, 6.07) is 7.88. The van der Waals surface area contributed by atoms with Gasteiger partial charge < -0.3 is 11.1 Å². The van der Waals surface area contributed by atoms with Crippen LogP contribution in [0.3, 0.4) is 0 Å². The first kappa shape index (κ1) is 24.0. The maximum Gasteiger partial charge on any atom is 0.237 e. The number of nitrogens with zero attached hydrogens (tertiary/aromatic N) is 2. The normalized spacial score (nSPS) is 15.4. The molecule has 2 rings (SSSR count). The summed E-state index contributed by atoms with van der Waals surface area (Å²) in [5.74, 6) is 0.985. The Kier molecular flexibility index (Phi) is 9.86. The Morgan fingerprint density at radius 3 is 2.67 bits per heavy atom. The van der Waals surface area contributed by atoms with Gasteiger partial charge in [-0.25, -0.2) is 8.42 Å². The number of halogens is 1. The summed E-state index contributed by atoms with van der Waals surface area (Å²) in [5, 5.41) is 3.14. The molecule has 1 unspecified atom stereocenters. The first-order valence-electron chi connectivity index (χ1n) is 9.44. The van der Waals surface area contributed by atoms with Gasteiger partial charge in [0.25, 0.3) is 0 Å². The predicted octanol–water partition coefficient (Wildman–Crippen LogP) is 3.12. The molecule has 8 heteroatoms. The zero-order valence-electron chi connectivity index (χ0n) is 16.5. The molecule has 0 radical (unpaired) electrons. The fourth-order valence-corrected chi connectivity index (χ4v) is 4.58. The molecule has 1 heterocycles. The minimum atomic E-state index is -3.38. The van der Waals surface area contributed by atoms with Crippen LogP contribution in [0.5, 0.6) is 0 Å². The van der Waals surface area contributed by atoms with Crippen molar-refractivity contribution >= 4 is 45.6 Å². The largest absolute Gasteiger partial charge is 0.370 e. The van der Waals surface area contributed by atoms with Crippen LogP contribution in [-0.2, 0) is 16.4 Å². The first-order valence-corrected chi connectivity index (χ1v) is 11.1. The lowest BCUT2D eigenvalue weighted by molar-refractivity contribution is 0.493. The number of anilines is 1. The van der Waals surface area contributed by atoms with Gasteiger partial charge in [0.2, 0.25) is 10.0 Å². The highest BCUT2D eigenvalue weighted by atomic mass is 127. The van der Waals surface area contributed by atoms with Crippen molar-refractivity contribution < 1.29 is 8.42 Å². The van der Waals surface area contributed by atoms with Crippen LogP contribution in [-0.4, -0.2) is 39.3 Å². The van der Waals surface area contributed by atoms with E-state index in [0.29, 0.717) is 18.4 Å². The van der Waals surface area contributed by atoms with E-state index in [9.17, 15) is 8.42 Å². The summed E-state index contributed by atoms with van der Waals surface area (Å²) in [6.45, 7) is 7.17. The van der Waals surface area contributed by atoms with E-state index in [2.05, 4.69) is 31.1 Å². The number of nitrogens with one attached hydrogen (secondary N) is 1. The molecule has 0 spiro atoms. The second kappa shape index (κ2) is 11.1. The molecular weight excluding hydrogens is 475 g/mol. The Labute approximate surface area is 181 Å². The van der Waals surface area contributed by atoms with E-state index in [1.54, 1.807) is 0 Å². The molecule has 0 aliphatic carbocycles. The van der Waals surface area contributed by atoms with Gasteiger partial charge in [0.15, 0.2) is 5.96 Å². The zero-order chi connectivity index (χ0) is 19.2. The van der Waals surface area contributed by atoms with E-state index in [4.69, 9.17) is 5.73 Å². The van der Waals surface area contributed by atoms with E-state index in [1.807, 2.05) is 24.3 Å². The molecule has 6 nitrogen and oxygen atoms in total. The SMILES string of the molecule is CC(C)CCCC(C)NC(N)=NCCS(=O)(=O)N1CCc2ccccc21.I. The van der Waals surface area contributed by atoms with E-state index < -0.39 is 10.0 Å². The Bertz CT molecular complexity index is 722. The van der Waals surface area contributed by atoms with Crippen LogP contribution in [0.4, 0.5) is 5.69 Å². The maximum atomic E-state index is 12.6. The van der Waals surface area contributed by atoms with Crippen molar-refractivity contribution in [2.45, 2.75) is 52.5 Å². The lowest BCUT2D eigenvalue weighted by Crippen LogP contribution is -2.39. The van der Waals surface area contributed by atoms with Crippen molar-refractivity contribution in [3.8, 4) is 0 Å². The number of hydrogen-bond acceptors (Lipinski definition) is 3. The smallest absolute Gasteiger partial charge is 0.237 e. The van der Waals surface area contributed by atoms with Gasteiger partial charge in [-0.2, -0.15) is 0 Å². The van der Waals surface area contributed by atoms with E-state index in [0.717, 1.165) is 30.5 Å². The molecule has 0 bridgehead atoms. The highest BCUT2D eigenvalue weighted by Crippen LogP contribution is 2.29. The van der Waals surface area contributed by atoms with Crippen molar-refractivity contribution in [3.05, 3.63) is 29.8 Å². The van der Waals surface area contributed by atoms with Gasteiger partial charge in [-0.1, -0.05) is 44.9 Å². The summed E-state index contributed by atoms with van der Waals surface area (Å²) < 4.78 is 26.7. The third-order valence-corrected chi connectivity index (χ3v) is 6.37. The quantitative estimate of drug-likeness (QED) is 0.305. The fourth-order valence-electron chi connectivity index (χ4n) is 3.19. The van der Waals surface area contributed by atoms with Gasteiger partial charge in [0.05, 0.1) is 18.0 Å².